The van der Waals surface area contributed by atoms with Gasteiger partial charge < -0.3 is 19.5 Å². The molecule has 2 aromatic carbocycles. The van der Waals surface area contributed by atoms with Crippen LogP contribution in [-0.4, -0.2) is 38.0 Å². The van der Waals surface area contributed by atoms with E-state index < -0.39 is 18.5 Å². The Morgan fingerprint density at radius 1 is 1.07 bits per heavy atom. The van der Waals surface area contributed by atoms with Crippen molar-refractivity contribution in [3.05, 3.63) is 47.0 Å². The van der Waals surface area contributed by atoms with Gasteiger partial charge in [0, 0.05) is 11.0 Å². The average molecular weight is 424 g/mol. The zero-order valence-electron chi connectivity index (χ0n) is 15.9. The maximum atomic E-state index is 12.3. The number of hydrogen-bond acceptors (Lipinski definition) is 6. The van der Waals surface area contributed by atoms with E-state index in [-0.39, 0.29) is 10.6 Å². The van der Waals surface area contributed by atoms with Gasteiger partial charge in [-0.25, -0.2) is 4.79 Å². The largest absolute Gasteiger partial charge is 0.494 e. The van der Waals surface area contributed by atoms with Crippen LogP contribution in [-0.2, 0) is 9.53 Å². The van der Waals surface area contributed by atoms with E-state index in [0.29, 0.717) is 30.4 Å². The van der Waals surface area contributed by atoms with Gasteiger partial charge in [0.15, 0.2) is 6.61 Å². The molecule has 0 fully saturated rings. The number of thioether (sulfide) groups is 1. The maximum Gasteiger partial charge on any atom is 0.340 e. The lowest BCUT2D eigenvalue weighted by atomic mass is 10.2. The number of rotatable bonds is 9. The Hall–Kier alpha value is -2.38. The van der Waals surface area contributed by atoms with Crippen LogP contribution in [0.1, 0.15) is 24.2 Å². The molecule has 150 valence electrons. The van der Waals surface area contributed by atoms with Gasteiger partial charge in [-0.3, -0.25) is 4.79 Å². The Bertz CT molecular complexity index is 843. The standard InChI is InChI=1S/C20H22ClNO5S/c1-4-25-13-6-9-18(26-5-2)17(10-13)22-19(23)12-27-20(24)15-11-14(28-3)7-8-16(15)21/h6-11H,4-5,12H2,1-3H3,(H,22,23). The maximum absolute atomic E-state index is 12.3. The molecule has 1 N–H and O–H groups in total. The quantitative estimate of drug-likeness (QED) is 0.467. The van der Waals surface area contributed by atoms with Gasteiger partial charge in [-0.1, -0.05) is 11.6 Å². The van der Waals surface area contributed by atoms with Crippen LogP contribution in [0.4, 0.5) is 5.69 Å². The highest BCUT2D eigenvalue weighted by Crippen LogP contribution is 2.29. The number of ether oxygens (including phenoxy) is 3. The third-order valence-electron chi connectivity index (χ3n) is 3.56. The van der Waals surface area contributed by atoms with Crippen molar-refractivity contribution in [3.8, 4) is 11.5 Å². The summed E-state index contributed by atoms with van der Waals surface area (Å²) < 4.78 is 16.1. The van der Waals surface area contributed by atoms with Crippen molar-refractivity contribution in [2.75, 3.05) is 31.4 Å². The molecule has 0 saturated heterocycles. The molecule has 0 unspecified atom stereocenters. The van der Waals surface area contributed by atoms with Crippen LogP contribution in [0, 0.1) is 0 Å². The normalized spacial score (nSPS) is 10.3. The summed E-state index contributed by atoms with van der Waals surface area (Å²) in [7, 11) is 0. The molecule has 0 aromatic heterocycles. The van der Waals surface area contributed by atoms with Crippen molar-refractivity contribution in [2.45, 2.75) is 18.7 Å². The third kappa shape index (κ3) is 6.07. The summed E-state index contributed by atoms with van der Waals surface area (Å²) in [5.74, 6) is -0.0653. The highest BCUT2D eigenvalue weighted by molar-refractivity contribution is 7.98. The number of nitrogens with one attached hydrogen (secondary N) is 1. The van der Waals surface area contributed by atoms with Gasteiger partial charge in [-0.05, 0) is 50.4 Å². The molecule has 0 spiro atoms. The van der Waals surface area contributed by atoms with Gasteiger partial charge in [0.1, 0.15) is 11.5 Å². The molecule has 0 aliphatic rings. The number of anilines is 1. The van der Waals surface area contributed by atoms with E-state index in [9.17, 15) is 9.59 Å². The zero-order chi connectivity index (χ0) is 20.5. The minimum atomic E-state index is -0.663. The molecule has 0 aliphatic carbocycles. The fourth-order valence-electron chi connectivity index (χ4n) is 2.33. The van der Waals surface area contributed by atoms with Crippen LogP contribution in [0.2, 0.25) is 5.02 Å². The Morgan fingerprint density at radius 3 is 2.50 bits per heavy atom. The molecule has 2 rings (SSSR count). The molecule has 8 heteroatoms. The monoisotopic (exact) mass is 423 g/mol. The van der Waals surface area contributed by atoms with Gasteiger partial charge in [0.05, 0.1) is 29.5 Å². The summed E-state index contributed by atoms with van der Waals surface area (Å²) in [6.45, 7) is 4.19. The molecule has 1 amide bonds. The fraction of sp³-hybridized carbons (Fsp3) is 0.300. The van der Waals surface area contributed by atoms with E-state index >= 15 is 0 Å². The number of carbonyl (C=O) groups excluding carboxylic acids is 2. The van der Waals surface area contributed by atoms with Gasteiger partial charge in [0.25, 0.3) is 5.91 Å². The van der Waals surface area contributed by atoms with Crippen molar-refractivity contribution < 1.29 is 23.8 Å². The van der Waals surface area contributed by atoms with Crippen LogP contribution in [0.15, 0.2) is 41.3 Å². The number of carbonyl (C=O) groups is 2. The molecule has 28 heavy (non-hydrogen) atoms. The summed E-state index contributed by atoms with van der Waals surface area (Å²) in [6, 6.07) is 10.2. The Labute approximate surface area is 173 Å². The molecule has 0 radical (unpaired) electrons. The Kier molecular flexibility index (Phi) is 8.47. The minimum absolute atomic E-state index is 0.217. The highest BCUT2D eigenvalue weighted by Gasteiger charge is 2.16. The summed E-state index contributed by atoms with van der Waals surface area (Å²) in [4.78, 5) is 25.4. The summed E-state index contributed by atoms with van der Waals surface area (Å²) in [5, 5.41) is 2.95. The smallest absolute Gasteiger partial charge is 0.340 e. The van der Waals surface area contributed by atoms with Crippen LogP contribution in [0.3, 0.4) is 0 Å². The van der Waals surface area contributed by atoms with Gasteiger partial charge >= 0.3 is 5.97 Å². The first kappa shape index (κ1) is 21.9. The molecule has 0 atom stereocenters. The molecule has 0 saturated carbocycles. The second-order valence-corrected chi connectivity index (χ2v) is 6.78. The minimum Gasteiger partial charge on any atom is -0.494 e. The average Bonchev–Trinajstić information content (AvgIpc) is 2.69. The SMILES string of the molecule is CCOc1ccc(OCC)c(NC(=O)COC(=O)c2cc(SC)ccc2Cl)c1. The second kappa shape index (κ2) is 10.8. The highest BCUT2D eigenvalue weighted by atomic mass is 35.5. The second-order valence-electron chi connectivity index (χ2n) is 5.49. The van der Waals surface area contributed by atoms with Crippen molar-refractivity contribution in [2.24, 2.45) is 0 Å². The van der Waals surface area contributed by atoms with Crippen LogP contribution in [0.5, 0.6) is 11.5 Å². The Balaban J connectivity index is 2.04. The number of halogens is 1. The fourth-order valence-corrected chi connectivity index (χ4v) is 2.96. The molecule has 0 heterocycles. The van der Waals surface area contributed by atoms with Crippen molar-refractivity contribution in [1.82, 2.24) is 0 Å². The first-order valence-electron chi connectivity index (χ1n) is 8.68. The van der Waals surface area contributed by atoms with Crippen molar-refractivity contribution >= 4 is 40.9 Å². The third-order valence-corrected chi connectivity index (χ3v) is 4.62. The van der Waals surface area contributed by atoms with Crippen LogP contribution < -0.4 is 14.8 Å². The molecule has 0 aliphatic heterocycles. The Morgan fingerprint density at radius 2 is 1.82 bits per heavy atom. The van der Waals surface area contributed by atoms with Crippen LogP contribution in [0.25, 0.3) is 0 Å². The summed E-state index contributed by atoms with van der Waals surface area (Å²) >= 11 is 7.53. The summed E-state index contributed by atoms with van der Waals surface area (Å²) in [6.07, 6.45) is 1.89. The molecule has 6 nitrogen and oxygen atoms in total. The van der Waals surface area contributed by atoms with E-state index in [1.807, 2.05) is 20.1 Å². The molecular formula is C20H22ClNO5S. The van der Waals surface area contributed by atoms with Gasteiger partial charge in [0.2, 0.25) is 0 Å². The number of esters is 1. The topological polar surface area (TPSA) is 73.9 Å². The van der Waals surface area contributed by atoms with E-state index in [1.165, 1.54) is 11.8 Å². The van der Waals surface area contributed by atoms with E-state index in [0.717, 1.165) is 4.90 Å². The molecular weight excluding hydrogens is 402 g/mol. The lowest BCUT2D eigenvalue weighted by molar-refractivity contribution is -0.119. The van der Waals surface area contributed by atoms with Gasteiger partial charge in [-0.2, -0.15) is 0 Å². The van der Waals surface area contributed by atoms with Crippen molar-refractivity contribution in [3.63, 3.8) is 0 Å². The van der Waals surface area contributed by atoms with Gasteiger partial charge in [-0.15, -0.1) is 11.8 Å². The number of benzene rings is 2. The predicted molar refractivity (Wildman–Crippen MR) is 111 cm³/mol. The summed E-state index contributed by atoms with van der Waals surface area (Å²) in [5.41, 5.74) is 0.658. The van der Waals surface area contributed by atoms with E-state index in [4.69, 9.17) is 25.8 Å². The first-order chi connectivity index (χ1) is 13.5. The van der Waals surface area contributed by atoms with Crippen molar-refractivity contribution in [1.29, 1.82) is 0 Å². The van der Waals surface area contributed by atoms with E-state index in [2.05, 4.69) is 5.32 Å². The predicted octanol–water partition coefficient (Wildman–Crippen LogP) is 4.65. The number of amides is 1. The van der Waals surface area contributed by atoms with E-state index in [1.54, 1.807) is 36.4 Å². The lowest BCUT2D eigenvalue weighted by Gasteiger charge is -2.14. The zero-order valence-corrected chi connectivity index (χ0v) is 17.5. The lowest BCUT2D eigenvalue weighted by Crippen LogP contribution is -2.21. The molecule has 2 aromatic rings. The van der Waals surface area contributed by atoms with Crippen LogP contribution >= 0.6 is 23.4 Å². The number of hydrogen-bond donors (Lipinski definition) is 1. The molecule has 0 bridgehead atoms. The first-order valence-corrected chi connectivity index (χ1v) is 10.3.